The standard InChI is InChI=1S/C15H22BrNO3/c1-15(2,9-10-18)17-14(19)4-3-11-20-13-7-5-12(16)6-8-13/h5-8,18H,3-4,9-11H2,1-2H3,(H,17,19). The van der Waals surface area contributed by atoms with Crippen molar-refractivity contribution in [3.8, 4) is 5.75 Å². The number of hydrogen-bond acceptors (Lipinski definition) is 3. The number of ether oxygens (including phenoxy) is 1. The molecule has 112 valence electrons. The summed E-state index contributed by atoms with van der Waals surface area (Å²) in [6.07, 6.45) is 1.64. The lowest BCUT2D eigenvalue weighted by molar-refractivity contribution is -0.123. The van der Waals surface area contributed by atoms with E-state index >= 15 is 0 Å². The van der Waals surface area contributed by atoms with Gasteiger partial charge in [0.1, 0.15) is 5.75 Å². The summed E-state index contributed by atoms with van der Waals surface area (Å²) < 4.78 is 6.56. The molecule has 0 spiro atoms. The Labute approximate surface area is 128 Å². The zero-order chi connectivity index (χ0) is 15.0. The van der Waals surface area contributed by atoms with E-state index in [0.29, 0.717) is 25.9 Å². The monoisotopic (exact) mass is 343 g/mol. The first-order chi connectivity index (χ1) is 9.43. The molecule has 0 heterocycles. The van der Waals surface area contributed by atoms with Crippen molar-refractivity contribution in [2.24, 2.45) is 0 Å². The first-order valence-corrected chi connectivity index (χ1v) is 7.52. The normalized spacial score (nSPS) is 11.2. The van der Waals surface area contributed by atoms with Gasteiger partial charge in [-0.3, -0.25) is 4.79 Å². The van der Waals surface area contributed by atoms with Gasteiger partial charge in [-0.15, -0.1) is 0 Å². The van der Waals surface area contributed by atoms with E-state index in [1.807, 2.05) is 38.1 Å². The largest absolute Gasteiger partial charge is 0.494 e. The van der Waals surface area contributed by atoms with Crippen LogP contribution >= 0.6 is 15.9 Å². The van der Waals surface area contributed by atoms with Crippen LogP contribution in [0.15, 0.2) is 28.7 Å². The van der Waals surface area contributed by atoms with Crippen LogP contribution in [0.2, 0.25) is 0 Å². The van der Waals surface area contributed by atoms with E-state index in [0.717, 1.165) is 10.2 Å². The third kappa shape index (κ3) is 6.91. The maximum absolute atomic E-state index is 11.7. The van der Waals surface area contributed by atoms with Crippen LogP contribution in [-0.4, -0.2) is 29.8 Å². The first-order valence-electron chi connectivity index (χ1n) is 6.73. The van der Waals surface area contributed by atoms with Crippen LogP contribution in [0.4, 0.5) is 0 Å². The Morgan fingerprint density at radius 1 is 1.35 bits per heavy atom. The van der Waals surface area contributed by atoms with Gasteiger partial charge in [-0.1, -0.05) is 15.9 Å². The third-order valence-electron chi connectivity index (χ3n) is 2.85. The Hall–Kier alpha value is -1.07. The fraction of sp³-hybridized carbons (Fsp3) is 0.533. The van der Waals surface area contributed by atoms with Crippen molar-refractivity contribution in [3.05, 3.63) is 28.7 Å². The predicted molar refractivity (Wildman–Crippen MR) is 82.8 cm³/mol. The van der Waals surface area contributed by atoms with Gasteiger partial charge in [-0.2, -0.15) is 0 Å². The second kappa shape index (κ2) is 8.27. The van der Waals surface area contributed by atoms with E-state index < -0.39 is 0 Å². The van der Waals surface area contributed by atoms with Crippen molar-refractivity contribution in [1.29, 1.82) is 0 Å². The van der Waals surface area contributed by atoms with E-state index in [9.17, 15) is 4.79 Å². The highest BCUT2D eigenvalue weighted by Crippen LogP contribution is 2.16. The quantitative estimate of drug-likeness (QED) is 0.713. The SMILES string of the molecule is CC(C)(CCO)NC(=O)CCCOc1ccc(Br)cc1. The van der Waals surface area contributed by atoms with Gasteiger partial charge in [0.2, 0.25) is 5.91 Å². The summed E-state index contributed by atoms with van der Waals surface area (Å²) in [7, 11) is 0. The van der Waals surface area contributed by atoms with E-state index in [-0.39, 0.29) is 18.1 Å². The number of rotatable bonds is 8. The number of nitrogens with one attached hydrogen (secondary N) is 1. The summed E-state index contributed by atoms with van der Waals surface area (Å²) in [4.78, 5) is 11.7. The fourth-order valence-electron chi connectivity index (χ4n) is 1.74. The van der Waals surface area contributed by atoms with Crippen molar-refractivity contribution in [1.82, 2.24) is 5.32 Å². The summed E-state index contributed by atoms with van der Waals surface area (Å²) in [5.41, 5.74) is -0.363. The molecule has 20 heavy (non-hydrogen) atoms. The molecule has 1 rings (SSSR count). The number of aliphatic hydroxyl groups is 1. The van der Waals surface area contributed by atoms with Crippen LogP contribution in [0, 0.1) is 0 Å². The van der Waals surface area contributed by atoms with E-state index in [4.69, 9.17) is 9.84 Å². The Bertz CT molecular complexity index is 418. The Morgan fingerprint density at radius 2 is 2.00 bits per heavy atom. The van der Waals surface area contributed by atoms with Crippen LogP contribution < -0.4 is 10.1 Å². The molecule has 0 aliphatic heterocycles. The maximum atomic E-state index is 11.7. The molecule has 1 aromatic rings. The first kappa shape index (κ1) is 17.0. The van der Waals surface area contributed by atoms with E-state index in [2.05, 4.69) is 21.2 Å². The number of aliphatic hydroxyl groups excluding tert-OH is 1. The molecule has 0 saturated carbocycles. The molecule has 5 heteroatoms. The molecule has 1 aromatic carbocycles. The molecule has 0 aromatic heterocycles. The van der Waals surface area contributed by atoms with Crippen LogP contribution in [0.25, 0.3) is 0 Å². The van der Waals surface area contributed by atoms with Crippen molar-refractivity contribution < 1.29 is 14.6 Å². The molecule has 0 unspecified atom stereocenters. The smallest absolute Gasteiger partial charge is 0.220 e. The molecule has 0 bridgehead atoms. The highest BCUT2D eigenvalue weighted by Gasteiger charge is 2.19. The van der Waals surface area contributed by atoms with Gasteiger partial charge in [0.25, 0.3) is 0 Å². The maximum Gasteiger partial charge on any atom is 0.220 e. The van der Waals surface area contributed by atoms with E-state index in [1.165, 1.54) is 0 Å². The van der Waals surface area contributed by atoms with Gasteiger partial charge >= 0.3 is 0 Å². The molecule has 0 radical (unpaired) electrons. The third-order valence-corrected chi connectivity index (χ3v) is 3.37. The van der Waals surface area contributed by atoms with Crippen LogP contribution in [-0.2, 0) is 4.79 Å². The number of amides is 1. The molecule has 2 N–H and O–H groups in total. The fourth-order valence-corrected chi connectivity index (χ4v) is 2.00. The van der Waals surface area contributed by atoms with Crippen molar-refractivity contribution in [3.63, 3.8) is 0 Å². The minimum Gasteiger partial charge on any atom is -0.494 e. The summed E-state index contributed by atoms with van der Waals surface area (Å²) in [5.74, 6) is 0.789. The second-order valence-electron chi connectivity index (χ2n) is 5.31. The average molecular weight is 344 g/mol. The molecular weight excluding hydrogens is 322 g/mol. The predicted octanol–water partition coefficient (Wildman–Crippen LogP) is 2.89. The molecule has 0 fully saturated rings. The van der Waals surface area contributed by atoms with Gasteiger partial charge < -0.3 is 15.2 Å². The van der Waals surface area contributed by atoms with E-state index in [1.54, 1.807) is 0 Å². The summed E-state index contributed by atoms with van der Waals surface area (Å²) in [6, 6.07) is 7.60. The average Bonchev–Trinajstić information content (AvgIpc) is 2.36. The lowest BCUT2D eigenvalue weighted by atomic mass is 10.0. The van der Waals surface area contributed by atoms with Gasteiger partial charge in [0.15, 0.2) is 0 Å². The molecule has 0 atom stereocenters. The van der Waals surface area contributed by atoms with Gasteiger partial charge in [-0.05, 0) is 51.0 Å². The van der Waals surface area contributed by atoms with Crippen molar-refractivity contribution in [2.75, 3.05) is 13.2 Å². The highest BCUT2D eigenvalue weighted by molar-refractivity contribution is 9.10. The van der Waals surface area contributed by atoms with Crippen molar-refractivity contribution >= 4 is 21.8 Å². The van der Waals surface area contributed by atoms with Crippen LogP contribution in [0.5, 0.6) is 5.75 Å². The van der Waals surface area contributed by atoms with Gasteiger partial charge in [-0.25, -0.2) is 0 Å². The Balaban J connectivity index is 2.20. The number of benzene rings is 1. The summed E-state index contributed by atoms with van der Waals surface area (Å²) in [6.45, 7) is 4.38. The number of carbonyl (C=O) groups is 1. The molecule has 1 amide bonds. The van der Waals surface area contributed by atoms with Gasteiger partial charge in [0.05, 0.1) is 6.61 Å². The zero-order valence-corrected chi connectivity index (χ0v) is 13.6. The van der Waals surface area contributed by atoms with Crippen molar-refractivity contribution in [2.45, 2.75) is 38.6 Å². The zero-order valence-electron chi connectivity index (χ0n) is 12.0. The Kier molecular flexibility index (Phi) is 7.02. The molecule has 0 aliphatic rings. The Morgan fingerprint density at radius 3 is 2.60 bits per heavy atom. The number of carbonyl (C=O) groups excluding carboxylic acids is 1. The van der Waals surface area contributed by atoms with Crippen LogP contribution in [0.3, 0.4) is 0 Å². The molecule has 0 saturated heterocycles. The summed E-state index contributed by atoms with van der Waals surface area (Å²) in [5, 5.41) is 11.8. The molecule has 0 aliphatic carbocycles. The topological polar surface area (TPSA) is 58.6 Å². The van der Waals surface area contributed by atoms with Crippen LogP contribution in [0.1, 0.15) is 33.1 Å². The number of halogens is 1. The molecule has 4 nitrogen and oxygen atoms in total. The minimum absolute atomic E-state index is 0.0112. The molecular formula is C15H22BrNO3. The lowest BCUT2D eigenvalue weighted by Gasteiger charge is -2.25. The highest BCUT2D eigenvalue weighted by atomic mass is 79.9. The number of hydrogen-bond donors (Lipinski definition) is 2. The lowest BCUT2D eigenvalue weighted by Crippen LogP contribution is -2.44. The summed E-state index contributed by atoms with van der Waals surface area (Å²) >= 11 is 3.36. The second-order valence-corrected chi connectivity index (χ2v) is 6.23. The minimum atomic E-state index is -0.363. The van der Waals surface area contributed by atoms with Gasteiger partial charge in [0, 0.05) is 23.0 Å².